The summed E-state index contributed by atoms with van der Waals surface area (Å²) in [5.41, 5.74) is 2.13. The minimum Gasteiger partial charge on any atom is -0.478 e. The summed E-state index contributed by atoms with van der Waals surface area (Å²) in [5.74, 6) is -0.0304. The first kappa shape index (κ1) is 15.4. The van der Waals surface area contributed by atoms with Gasteiger partial charge in [-0.3, -0.25) is 0 Å². The summed E-state index contributed by atoms with van der Waals surface area (Å²) in [6.07, 6.45) is 0. The lowest BCUT2D eigenvalue weighted by Crippen LogP contribution is -2.19. The van der Waals surface area contributed by atoms with Crippen molar-refractivity contribution in [2.75, 3.05) is 17.2 Å². The highest BCUT2D eigenvalue weighted by Gasteiger charge is 2.20. The van der Waals surface area contributed by atoms with Crippen molar-refractivity contribution in [1.82, 2.24) is 0 Å². The number of carboxylic acid groups (broad SMARTS) is 1. The number of benzene rings is 2. The predicted molar refractivity (Wildman–Crippen MR) is 88.9 cm³/mol. The van der Waals surface area contributed by atoms with E-state index in [1.165, 1.54) is 0 Å². The van der Waals surface area contributed by atoms with Gasteiger partial charge in [0.15, 0.2) is 0 Å². The summed E-state index contributed by atoms with van der Waals surface area (Å²) in [5, 5.41) is 9.62. The summed E-state index contributed by atoms with van der Waals surface area (Å²) in [6.45, 7) is 4.76. The maximum Gasteiger partial charge on any atom is 0.338 e. The van der Waals surface area contributed by atoms with Crippen molar-refractivity contribution in [3.05, 3.63) is 54.1 Å². The topological polar surface area (TPSA) is 40.5 Å². The number of aromatic carboxylic acids is 1. The molecule has 2 rings (SSSR count). The van der Waals surface area contributed by atoms with Crippen molar-refractivity contribution in [3.63, 3.8) is 0 Å². The molecule has 0 aromatic heterocycles. The lowest BCUT2D eigenvalue weighted by Gasteiger charge is -2.25. The zero-order chi connectivity index (χ0) is 15.2. The molecule has 2 aromatic rings. The van der Waals surface area contributed by atoms with Gasteiger partial charge in [0, 0.05) is 17.1 Å². The van der Waals surface area contributed by atoms with E-state index >= 15 is 0 Å². The molecule has 0 spiro atoms. The molecule has 21 heavy (non-hydrogen) atoms. The molecule has 0 aliphatic rings. The van der Waals surface area contributed by atoms with Crippen LogP contribution in [0.5, 0.6) is 0 Å². The van der Waals surface area contributed by atoms with Crippen molar-refractivity contribution >= 4 is 29.1 Å². The molecular weight excluding hydrogens is 282 g/mol. The van der Waals surface area contributed by atoms with E-state index in [0.29, 0.717) is 12.1 Å². The Kier molecular flexibility index (Phi) is 5.28. The summed E-state index contributed by atoms with van der Waals surface area (Å²) >= 11 is 1.56. The number of hydrogen-bond donors (Lipinski definition) is 1. The molecule has 0 fully saturated rings. The fourth-order valence-corrected chi connectivity index (χ4v) is 3.16. The molecule has 2 aromatic carbocycles. The number of hydrogen-bond acceptors (Lipinski definition) is 3. The molecule has 0 unspecified atom stereocenters. The lowest BCUT2D eigenvalue weighted by atomic mass is 10.1. The van der Waals surface area contributed by atoms with Gasteiger partial charge in [-0.2, -0.15) is 0 Å². The monoisotopic (exact) mass is 301 g/mol. The van der Waals surface area contributed by atoms with Crippen LogP contribution in [-0.4, -0.2) is 23.4 Å². The molecule has 0 atom stereocenters. The quantitative estimate of drug-likeness (QED) is 0.788. The molecule has 3 nitrogen and oxygen atoms in total. The van der Waals surface area contributed by atoms with Gasteiger partial charge in [-0.25, -0.2) is 4.79 Å². The molecule has 0 heterocycles. The maximum atomic E-state index is 11.7. The second kappa shape index (κ2) is 7.18. The van der Waals surface area contributed by atoms with Crippen molar-refractivity contribution in [2.45, 2.75) is 18.7 Å². The summed E-state index contributed by atoms with van der Waals surface area (Å²) in [6, 6.07) is 15.5. The molecule has 0 radical (unpaired) electrons. The Morgan fingerprint density at radius 2 is 1.81 bits per heavy atom. The third-order valence-electron chi connectivity index (χ3n) is 3.19. The average Bonchev–Trinajstić information content (AvgIpc) is 2.49. The van der Waals surface area contributed by atoms with Crippen LogP contribution in [0, 0.1) is 0 Å². The Bertz CT molecular complexity index is 613. The van der Waals surface area contributed by atoms with E-state index in [-0.39, 0.29) is 0 Å². The minimum atomic E-state index is -0.879. The fourth-order valence-electron chi connectivity index (χ4n) is 2.34. The second-order valence-electron chi connectivity index (χ2n) is 4.47. The van der Waals surface area contributed by atoms with Crippen molar-refractivity contribution < 1.29 is 9.90 Å². The Labute approximate surface area is 129 Å². The van der Waals surface area contributed by atoms with Gasteiger partial charge in [-0.15, -0.1) is 11.8 Å². The Morgan fingerprint density at radius 3 is 2.38 bits per heavy atom. The standard InChI is InChI=1S/C17H19NO2S/c1-3-18(13-9-6-5-7-10-13)14-11-8-12-15(21-4-2)16(14)17(19)20/h5-12H,3-4H2,1-2H3,(H,19,20). The Morgan fingerprint density at radius 1 is 1.10 bits per heavy atom. The second-order valence-corrected chi connectivity index (χ2v) is 5.77. The normalized spacial score (nSPS) is 10.4. The summed E-state index contributed by atoms with van der Waals surface area (Å²) < 4.78 is 0. The highest BCUT2D eigenvalue weighted by Crippen LogP contribution is 2.34. The highest BCUT2D eigenvalue weighted by molar-refractivity contribution is 7.99. The largest absolute Gasteiger partial charge is 0.478 e. The molecule has 0 bridgehead atoms. The van der Waals surface area contributed by atoms with Gasteiger partial charge in [-0.05, 0) is 36.9 Å². The minimum absolute atomic E-state index is 0.384. The molecule has 0 aliphatic carbocycles. The van der Waals surface area contributed by atoms with E-state index in [4.69, 9.17) is 0 Å². The summed E-state index contributed by atoms with van der Waals surface area (Å²) in [4.78, 5) is 14.6. The fraction of sp³-hybridized carbons (Fsp3) is 0.235. The molecule has 4 heteroatoms. The first-order chi connectivity index (χ1) is 10.2. The van der Waals surface area contributed by atoms with E-state index < -0.39 is 5.97 Å². The number of carboxylic acids is 1. The van der Waals surface area contributed by atoms with Gasteiger partial charge >= 0.3 is 5.97 Å². The van der Waals surface area contributed by atoms with Gasteiger partial charge < -0.3 is 10.0 Å². The Balaban J connectivity index is 2.56. The van der Waals surface area contributed by atoms with Gasteiger partial charge in [-0.1, -0.05) is 31.2 Å². The molecule has 0 amide bonds. The van der Waals surface area contributed by atoms with Crippen LogP contribution < -0.4 is 4.90 Å². The molecule has 0 aliphatic heterocycles. The van der Waals surface area contributed by atoms with Gasteiger partial charge in [0.1, 0.15) is 0 Å². The van der Waals surface area contributed by atoms with E-state index in [0.717, 1.165) is 22.0 Å². The number of thioether (sulfide) groups is 1. The highest BCUT2D eigenvalue weighted by atomic mass is 32.2. The van der Waals surface area contributed by atoms with Crippen LogP contribution in [-0.2, 0) is 0 Å². The maximum absolute atomic E-state index is 11.7. The van der Waals surface area contributed by atoms with Crippen LogP contribution in [0.2, 0.25) is 0 Å². The summed E-state index contributed by atoms with van der Waals surface area (Å²) in [7, 11) is 0. The number of anilines is 2. The number of carbonyl (C=O) groups is 1. The molecule has 1 N–H and O–H groups in total. The molecule has 0 saturated carbocycles. The predicted octanol–water partition coefficient (Wildman–Crippen LogP) is 4.65. The van der Waals surface area contributed by atoms with Gasteiger partial charge in [0.05, 0.1) is 11.3 Å². The van der Waals surface area contributed by atoms with E-state index in [9.17, 15) is 9.90 Å². The number of para-hydroxylation sites is 1. The van der Waals surface area contributed by atoms with Crippen LogP contribution in [0.1, 0.15) is 24.2 Å². The molecular formula is C17H19NO2S. The van der Waals surface area contributed by atoms with Crippen molar-refractivity contribution in [2.24, 2.45) is 0 Å². The van der Waals surface area contributed by atoms with Crippen LogP contribution in [0.25, 0.3) is 0 Å². The van der Waals surface area contributed by atoms with E-state index in [1.807, 2.05) is 67.3 Å². The third-order valence-corrected chi connectivity index (χ3v) is 4.13. The zero-order valence-corrected chi connectivity index (χ0v) is 13.1. The van der Waals surface area contributed by atoms with Crippen LogP contribution >= 0.6 is 11.8 Å². The SMILES string of the molecule is CCSc1cccc(N(CC)c2ccccc2)c1C(=O)O. The first-order valence-corrected chi connectivity index (χ1v) is 7.99. The third kappa shape index (κ3) is 3.39. The van der Waals surface area contributed by atoms with Gasteiger partial charge in [0.2, 0.25) is 0 Å². The van der Waals surface area contributed by atoms with Crippen LogP contribution in [0.4, 0.5) is 11.4 Å². The van der Waals surface area contributed by atoms with E-state index in [1.54, 1.807) is 11.8 Å². The zero-order valence-electron chi connectivity index (χ0n) is 12.2. The number of rotatable bonds is 6. The van der Waals surface area contributed by atoms with Crippen molar-refractivity contribution in [1.29, 1.82) is 0 Å². The lowest BCUT2D eigenvalue weighted by molar-refractivity contribution is 0.0694. The molecule has 0 saturated heterocycles. The van der Waals surface area contributed by atoms with Crippen LogP contribution in [0.3, 0.4) is 0 Å². The van der Waals surface area contributed by atoms with E-state index in [2.05, 4.69) is 0 Å². The van der Waals surface area contributed by atoms with Crippen LogP contribution in [0.15, 0.2) is 53.4 Å². The Hall–Kier alpha value is -1.94. The first-order valence-electron chi connectivity index (χ1n) is 7.00. The van der Waals surface area contributed by atoms with Crippen molar-refractivity contribution in [3.8, 4) is 0 Å². The smallest absolute Gasteiger partial charge is 0.338 e. The average molecular weight is 301 g/mol. The molecule has 110 valence electrons. The van der Waals surface area contributed by atoms with Gasteiger partial charge in [0.25, 0.3) is 0 Å². The number of nitrogens with zero attached hydrogens (tertiary/aromatic N) is 1.